The molecule has 2 aromatic rings. The average molecular weight is 410 g/mol. The van der Waals surface area contributed by atoms with Crippen LogP contribution in [0.5, 0.6) is 0 Å². The Hall–Kier alpha value is -2.42. The van der Waals surface area contributed by atoms with Crippen molar-refractivity contribution in [3.63, 3.8) is 0 Å². The predicted octanol–water partition coefficient (Wildman–Crippen LogP) is 4.17. The van der Waals surface area contributed by atoms with Gasteiger partial charge in [-0.1, -0.05) is 58.1 Å². The van der Waals surface area contributed by atoms with E-state index in [9.17, 15) is 18.4 Å². The van der Waals surface area contributed by atoms with Crippen LogP contribution in [0.4, 0.5) is 13.9 Å². The number of anilines is 1. The molecular formula is C19H24F2N4O2S. The number of hydrogen-bond acceptors (Lipinski definition) is 5. The van der Waals surface area contributed by atoms with Crippen molar-refractivity contribution in [2.24, 2.45) is 5.92 Å². The van der Waals surface area contributed by atoms with Crippen molar-refractivity contribution in [1.82, 2.24) is 15.5 Å². The second kappa shape index (κ2) is 8.72. The molecule has 9 heteroatoms. The maximum atomic E-state index is 12.6. The average Bonchev–Trinajstić information content (AvgIpc) is 3.07. The molecular weight excluding hydrogens is 386 g/mol. The number of nitrogens with zero attached hydrogens (tertiary/aromatic N) is 2. The molecule has 0 saturated heterocycles. The van der Waals surface area contributed by atoms with E-state index in [4.69, 9.17) is 0 Å². The SMILES string of the molecule is CC(C)C(NC(=O)c1ccc(C(C)(C)C)cc1)C(=O)Nc1nnc(C(F)F)s1. The number of carbonyl (C=O) groups is 2. The fourth-order valence-electron chi connectivity index (χ4n) is 2.44. The molecule has 2 N–H and O–H groups in total. The highest BCUT2D eigenvalue weighted by Gasteiger charge is 2.26. The summed E-state index contributed by atoms with van der Waals surface area (Å²) in [5.41, 5.74) is 1.49. The molecule has 0 aliphatic carbocycles. The number of carbonyl (C=O) groups excluding carboxylic acids is 2. The van der Waals surface area contributed by atoms with Crippen LogP contribution in [-0.2, 0) is 10.2 Å². The minimum absolute atomic E-state index is 0.0327. The Morgan fingerprint density at radius 1 is 1.07 bits per heavy atom. The van der Waals surface area contributed by atoms with Crippen molar-refractivity contribution in [3.8, 4) is 0 Å². The lowest BCUT2D eigenvalue weighted by Crippen LogP contribution is -2.47. The van der Waals surface area contributed by atoms with Crippen molar-refractivity contribution in [3.05, 3.63) is 40.4 Å². The van der Waals surface area contributed by atoms with Crippen LogP contribution < -0.4 is 10.6 Å². The van der Waals surface area contributed by atoms with E-state index < -0.39 is 23.4 Å². The maximum Gasteiger partial charge on any atom is 0.291 e. The third-order valence-electron chi connectivity index (χ3n) is 4.11. The van der Waals surface area contributed by atoms with E-state index in [1.54, 1.807) is 26.0 Å². The standard InChI is InChI=1S/C19H24F2N4O2S/c1-10(2)13(16(27)23-18-25-24-17(28-18)14(20)21)22-15(26)11-6-8-12(9-7-11)19(3,4)5/h6-10,13-14H,1-5H3,(H,22,26)(H,23,25,27). The summed E-state index contributed by atoms with van der Waals surface area (Å²) in [7, 11) is 0. The number of halogens is 2. The van der Waals surface area contributed by atoms with Crippen LogP contribution in [0.1, 0.15) is 62.0 Å². The van der Waals surface area contributed by atoms with Gasteiger partial charge in [-0.25, -0.2) is 8.78 Å². The smallest absolute Gasteiger partial charge is 0.291 e. The summed E-state index contributed by atoms with van der Waals surface area (Å²) in [6, 6.07) is 6.34. The van der Waals surface area contributed by atoms with Crippen LogP contribution in [0.2, 0.25) is 0 Å². The second-order valence-electron chi connectivity index (χ2n) is 7.76. The summed E-state index contributed by atoms with van der Waals surface area (Å²) in [4.78, 5) is 25.1. The lowest BCUT2D eigenvalue weighted by atomic mass is 9.86. The molecule has 0 aliphatic rings. The van der Waals surface area contributed by atoms with Crippen LogP contribution in [0.25, 0.3) is 0 Å². The molecule has 1 unspecified atom stereocenters. The van der Waals surface area contributed by atoms with Crippen molar-refractivity contribution < 1.29 is 18.4 Å². The summed E-state index contributed by atoms with van der Waals surface area (Å²) < 4.78 is 25.2. The number of alkyl halides is 2. The Labute approximate surface area is 166 Å². The molecule has 1 aromatic carbocycles. The molecule has 0 fully saturated rings. The molecule has 0 aliphatic heterocycles. The molecule has 1 aromatic heterocycles. The summed E-state index contributed by atoms with van der Waals surface area (Å²) in [6.45, 7) is 9.78. The quantitative estimate of drug-likeness (QED) is 0.749. The largest absolute Gasteiger partial charge is 0.340 e. The maximum absolute atomic E-state index is 12.6. The van der Waals surface area contributed by atoms with Gasteiger partial charge in [0.25, 0.3) is 12.3 Å². The Morgan fingerprint density at radius 2 is 1.68 bits per heavy atom. The first-order valence-corrected chi connectivity index (χ1v) is 9.64. The molecule has 0 radical (unpaired) electrons. The fourth-order valence-corrected chi connectivity index (χ4v) is 3.04. The van der Waals surface area contributed by atoms with Crippen molar-refractivity contribution >= 4 is 28.3 Å². The summed E-state index contributed by atoms with van der Waals surface area (Å²) in [5.74, 6) is -1.15. The van der Waals surface area contributed by atoms with Crippen LogP contribution in [0.15, 0.2) is 24.3 Å². The Morgan fingerprint density at radius 3 is 2.14 bits per heavy atom. The second-order valence-corrected chi connectivity index (χ2v) is 8.77. The molecule has 0 spiro atoms. The van der Waals surface area contributed by atoms with Gasteiger partial charge in [0.2, 0.25) is 11.0 Å². The van der Waals surface area contributed by atoms with E-state index >= 15 is 0 Å². The van der Waals surface area contributed by atoms with E-state index in [-0.39, 0.29) is 22.4 Å². The molecule has 0 saturated carbocycles. The zero-order chi connectivity index (χ0) is 21.1. The minimum Gasteiger partial charge on any atom is -0.340 e. The predicted molar refractivity (Wildman–Crippen MR) is 105 cm³/mol. The summed E-state index contributed by atoms with van der Waals surface area (Å²) in [6.07, 6.45) is -2.75. The highest BCUT2D eigenvalue weighted by Crippen LogP contribution is 2.25. The number of amides is 2. The van der Waals surface area contributed by atoms with E-state index in [1.807, 2.05) is 12.1 Å². The van der Waals surface area contributed by atoms with Crippen molar-refractivity contribution in [2.45, 2.75) is 52.5 Å². The van der Waals surface area contributed by atoms with E-state index in [0.29, 0.717) is 16.9 Å². The van der Waals surface area contributed by atoms with Gasteiger partial charge in [-0.2, -0.15) is 0 Å². The highest BCUT2D eigenvalue weighted by atomic mass is 32.1. The van der Waals surface area contributed by atoms with Gasteiger partial charge in [-0.3, -0.25) is 14.9 Å². The van der Waals surface area contributed by atoms with Crippen LogP contribution >= 0.6 is 11.3 Å². The number of rotatable bonds is 6. The first-order valence-electron chi connectivity index (χ1n) is 8.83. The minimum atomic E-state index is -2.75. The third-order valence-corrected chi connectivity index (χ3v) is 4.95. The zero-order valence-electron chi connectivity index (χ0n) is 16.4. The third kappa shape index (κ3) is 5.54. The zero-order valence-corrected chi connectivity index (χ0v) is 17.2. The monoisotopic (exact) mass is 410 g/mol. The summed E-state index contributed by atoms with van der Waals surface area (Å²) >= 11 is 0.601. The van der Waals surface area contributed by atoms with Crippen molar-refractivity contribution in [2.75, 3.05) is 5.32 Å². The van der Waals surface area contributed by atoms with Crippen LogP contribution in [0, 0.1) is 5.92 Å². The number of benzene rings is 1. The van der Waals surface area contributed by atoms with Crippen LogP contribution in [-0.4, -0.2) is 28.1 Å². The Kier molecular flexibility index (Phi) is 6.82. The fraction of sp³-hybridized carbons (Fsp3) is 0.474. The van der Waals surface area contributed by atoms with E-state index in [1.165, 1.54) is 0 Å². The van der Waals surface area contributed by atoms with E-state index in [0.717, 1.165) is 5.56 Å². The van der Waals surface area contributed by atoms with Gasteiger partial charge in [0.1, 0.15) is 6.04 Å². The van der Waals surface area contributed by atoms with Gasteiger partial charge in [0.15, 0.2) is 5.01 Å². The summed E-state index contributed by atoms with van der Waals surface area (Å²) in [5, 5.41) is 11.5. The molecule has 6 nitrogen and oxygen atoms in total. The van der Waals surface area contributed by atoms with Gasteiger partial charge in [0, 0.05) is 5.56 Å². The molecule has 2 amide bonds. The normalized spacial score (nSPS) is 12.9. The molecule has 1 heterocycles. The van der Waals surface area contributed by atoms with Gasteiger partial charge in [-0.15, -0.1) is 10.2 Å². The van der Waals surface area contributed by atoms with Gasteiger partial charge in [0.05, 0.1) is 0 Å². The lowest BCUT2D eigenvalue weighted by molar-refractivity contribution is -0.118. The van der Waals surface area contributed by atoms with Gasteiger partial charge < -0.3 is 5.32 Å². The topological polar surface area (TPSA) is 84.0 Å². The Balaban J connectivity index is 2.08. The molecule has 1 atom stereocenters. The molecule has 28 heavy (non-hydrogen) atoms. The molecule has 2 rings (SSSR count). The number of hydrogen-bond donors (Lipinski definition) is 2. The van der Waals surface area contributed by atoms with Crippen molar-refractivity contribution in [1.29, 1.82) is 0 Å². The lowest BCUT2D eigenvalue weighted by Gasteiger charge is -2.22. The number of aromatic nitrogens is 2. The Bertz CT molecular complexity index is 829. The van der Waals surface area contributed by atoms with Gasteiger partial charge >= 0.3 is 0 Å². The first-order chi connectivity index (χ1) is 13.0. The van der Waals surface area contributed by atoms with Gasteiger partial charge in [-0.05, 0) is 29.0 Å². The first kappa shape index (κ1) is 21.9. The molecule has 152 valence electrons. The highest BCUT2D eigenvalue weighted by molar-refractivity contribution is 7.15. The van der Waals surface area contributed by atoms with E-state index in [2.05, 4.69) is 41.6 Å². The van der Waals surface area contributed by atoms with Crippen LogP contribution in [0.3, 0.4) is 0 Å². The molecule has 0 bridgehead atoms. The number of nitrogens with one attached hydrogen (secondary N) is 2.